The van der Waals surface area contributed by atoms with Crippen molar-refractivity contribution in [3.05, 3.63) is 11.3 Å². The van der Waals surface area contributed by atoms with E-state index in [1.807, 2.05) is 13.8 Å². The van der Waals surface area contributed by atoms with Crippen LogP contribution in [-0.2, 0) is 14.4 Å². The van der Waals surface area contributed by atoms with Crippen molar-refractivity contribution in [3.63, 3.8) is 0 Å². The van der Waals surface area contributed by atoms with Crippen molar-refractivity contribution in [2.45, 2.75) is 83.7 Å². The number of esters is 1. The minimum atomic E-state index is -0.503. The fourth-order valence-corrected chi connectivity index (χ4v) is 5.08. The number of ether oxygens (including phenoxy) is 1. The molecule has 0 amide bonds. The van der Waals surface area contributed by atoms with Gasteiger partial charge in [0.05, 0.1) is 5.71 Å². The molecule has 2 saturated carbocycles. The zero-order chi connectivity index (χ0) is 17.9. The molecule has 0 saturated heterocycles. The van der Waals surface area contributed by atoms with Gasteiger partial charge < -0.3 is 14.7 Å². The fraction of sp³-hybridized carbons (Fsp3) is 0.800. The van der Waals surface area contributed by atoms with Gasteiger partial charge in [0, 0.05) is 12.3 Å². The van der Waals surface area contributed by atoms with E-state index in [-0.39, 0.29) is 11.3 Å². The fourth-order valence-electron chi connectivity index (χ4n) is 5.08. The van der Waals surface area contributed by atoms with E-state index in [2.05, 4.69) is 5.16 Å². The van der Waals surface area contributed by atoms with Gasteiger partial charge in [-0.2, -0.15) is 0 Å². The molecule has 1 N–H and O–H groups in total. The largest absolute Gasteiger partial charge is 0.511 e. The Labute approximate surface area is 150 Å². The van der Waals surface area contributed by atoms with Gasteiger partial charge in [-0.25, -0.2) is 4.79 Å². The molecule has 0 aromatic rings. The average molecular weight is 349 g/mol. The summed E-state index contributed by atoms with van der Waals surface area (Å²) in [5.74, 6) is 0.759. The van der Waals surface area contributed by atoms with Gasteiger partial charge in [0.1, 0.15) is 23.5 Å². The summed E-state index contributed by atoms with van der Waals surface area (Å²) in [4.78, 5) is 18.0. The Kier molecular flexibility index (Phi) is 5.70. The molecule has 2 aliphatic carbocycles. The summed E-state index contributed by atoms with van der Waals surface area (Å²) in [6.07, 6.45) is 9.83. The van der Waals surface area contributed by atoms with Crippen LogP contribution in [0.1, 0.15) is 78.1 Å². The van der Waals surface area contributed by atoms with Gasteiger partial charge in [-0.3, -0.25) is 0 Å². The number of hydrogen-bond acceptors (Lipinski definition) is 5. The molecule has 3 unspecified atom stereocenters. The van der Waals surface area contributed by atoms with Crippen LogP contribution in [0, 0.1) is 11.8 Å². The Morgan fingerprint density at radius 2 is 2.04 bits per heavy atom. The first-order chi connectivity index (χ1) is 12.1. The predicted molar refractivity (Wildman–Crippen MR) is 96.4 cm³/mol. The van der Waals surface area contributed by atoms with Gasteiger partial charge in [-0.05, 0) is 44.9 Å². The van der Waals surface area contributed by atoms with E-state index in [4.69, 9.17) is 9.57 Å². The van der Waals surface area contributed by atoms with Gasteiger partial charge in [-0.1, -0.05) is 37.8 Å². The van der Waals surface area contributed by atoms with Crippen LogP contribution in [-0.4, -0.2) is 29.0 Å². The van der Waals surface area contributed by atoms with Crippen LogP contribution in [0.25, 0.3) is 0 Å². The highest BCUT2D eigenvalue weighted by molar-refractivity contribution is 6.20. The smallest absolute Gasteiger partial charge is 0.344 e. The van der Waals surface area contributed by atoms with E-state index in [9.17, 15) is 9.90 Å². The molecule has 5 nitrogen and oxygen atoms in total. The first kappa shape index (κ1) is 18.3. The molecule has 3 rings (SSSR count). The number of aliphatic hydroxyl groups is 1. The maximum atomic E-state index is 12.9. The van der Waals surface area contributed by atoms with E-state index in [1.165, 1.54) is 25.7 Å². The topological polar surface area (TPSA) is 68.1 Å². The summed E-state index contributed by atoms with van der Waals surface area (Å²) in [6, 6.07) is 0. The van der Waals surface area contributed by atoms with Gasteiger partial charge in [0.15, 0.2) is 0 Å². The molecule has 0 aromatic heterocycles. The Morgan fingerprint density at radius 3 is 2.76 bits per heavy atom. The first-order valence-electron chi connectivity index (χ1n) is 9.96. The molecule has 25 heavy (non-hydrogen) atoms. The molecule has 1 heterocycles. The summed E-state index contributed by atoms with van der Waals surface area (Å²) in [7, 11) is 0. The third-order valence-electron chi connectivity index (χ3n) is 6.09. The third kappa shape index (κ3) is 3.56. The second-order valence-electron chi connectivity index (χ2n) is 7.70. The van der Waals surface area contributed by atoms with Gasteiger partial charge in [-0.15, -0.1) is 0 Å². The SMILES string of the molecule is CCCC(=NOCC)C1=C(O)CC2(CCCC3CCCCC32)OC1=O. The quantitative estimate of drug-likeness (QED) is 0.445. The number of fused-ring (bicyclic) bond motifs is 2. The number of aliphatic hydroxyl groups excluding tert-OH is 1. The lowest BCUT2D eigenvalue weighted by Gasteiger charge is -2.50. The Balaban J connectivity index is 1.89. The van der Waals surface area contributed by atoms with Crippen LogP contribution in [0.2, 0.25) is 0 Å². The number of hydrogen-bond donors (Lipinski definition) is 1. The molecule has 1 spiro atoms. The van der Waals surface area contributed by atoms with Crippen molar-refractivity contribution in [3.8, 4) is 0 Å². The maximum absolute atomic E-state index is 12.9. The van der Waals surface area contributed by atoms with Gasteiger partial charge in [0.2, 0.25) is 0 Å². The highest BCUT2D eigenvalue weighted by Gasteiger charge is 2.52. The molecule has 0 bridgehead atoms. The molecular weight excluding hydrogens is 318 g/mol. The van der Waals surface area contributed by atoms with Crippen molar-refractivity contribution in [2.75, 3.05) is 6.61 Å². The molecule has 0 aromatic carbocycles. The minimum absolute atomic E-state index is 0.148. The van der Waals surface area contributed by atoms with Crippen LogP contribution >= 0.6 is 0 Å². The molecule has 3 aliphatic rings. The number of carbonyl (C=O) groups excluding carboxylic acids is 1. The molecular formula is C20H31NO4. The molecule has 2 fully saturated rings. The van der Waals surface area contributed by atoms with Crippen molar-refractivity contribution < 1.29 is 19.5 Å². The van der Waals surface area contributed by atoms with Crippen LogP contribution in [0.3, 0.4) is 0 Å². The first-order valence-corrected chi connectivity index (χ1v) is 9.96. The normalized spacial score (nSPS) is 33.2. The van der Waals surface area contributed by atoms with Crippen LogP contribution in [0.15, 0.2) is 16.5 Å². The number of carbonyl (C=O) groups is 1. The van der Waals surface area contributed by atoms with Crippen LogP contribution in [0.5, 0.6) is 0 Å². The monoisotopic (exact) mass is 349 g/mol. The lowest BCUT2D eigenvalue weighted by Crippen LogP contribution is -2.52. The summed E-state index contributed by atoms with van der Waals surface area (Å²) in [6.45, 7) is 4.30. The Bertz CT molecular complexity index is 566. The minimum Gasteiger partial charge on any atom is -0.511 e. The van der Waals surface area contributed by atoms with E-state index >= 15 is 0 Å². The lowest BCUT2D eigenvalue weighted by atomic mass is 9.61. The molecule has 140 valence electrons. The standard InChI is InChI=1S/C20H31NO4/c1-3-8-16(21-24-4-2)18-17(22)13-20(25-19(18)23)12-7-10-14-9-5-6-11-15(14)20/h14-15,22H,3-13H2,1-2H3. The number of rotatable bonds is 5. The van der Waals surface area contributed by atoms with Crippen molar-refractivity contribution in [2.24, 2.45) is 17.0 Å². The Hall–Kier alpha value is -1.52. The van der Waals surface area contributed by atoms with Gasteiger partial charge >= 0.3 is 5.97 Å². The van der Waals surface area contributed by atoms with Crippen molar-refractivity contribution >= 4 is 11.7 Å². The van der Waals surface area contributed by atoms with E-state index in [1.54, 1.807) is 0 Å². The molecule has 0 radical (unpaired) electrons. The molecule has 1 aliphatic heterocycles. The zero-order valence-corrected chi connectivity index (χ0v) is 15.6. The number of nitrogens with zero attached hydrogens (tertiary/aromatic N) is 1. The van der Waals surface area contributed by atoms with E-state index in [0.29, 0.717) is 37.0 Å². The van der Waals surface area contributed by atoms with Crippen LogP contribution < -0.4 is 0 Å². The Morgan fingerprint density at radius 1 is 1.28 bits per heavy atom. The van der Waals surface area contributed by atoms with E-state index < -0.39 is 11.6 Å². The molecule has 3 atom stereocenters. The average Bonchev–Trinajstić information content (AvgIpc) is 2.59. The lowest BCUT2D eigenvalue weighted by molar-refractivity contribution is -0.177. The number of oxime groups is 1. The van der Waals surface area contributed by atoms with Crippen LogP contribution in [0.4, 0.5) is 0 Å². The summed E-state index contributed by atoms with van der Waals surface area (Å²) >= 11 is 0. The second-order valence-corrected chi connectivity index (χ2v) is 7.70. The highest BCUT2D eigenvalue weighted by Crippen LogP contribution is 2.52. The van der Waals surface area contributed by atoms with Crippen molar-refractivity contribution in [1.82, 2.24) is 0 Å². The second kappa shape index (κ2) is 7.79. The summed E-state index contributed by atoms with van der Waals surface area (Å²) < 4.78 is 6.08. The zero-order valence-electron chi connectivity index (χ0n) is 15.6. The summed E-state index contributed by atoms with van der Waals surface area (Å²) in [5, 5.41) is 14.9. The van der Waals surface area contributed by atoms with E-state index in [0.717, 1.165) is 25.7 Å². The predicted octanol–water partition coefficient (Wildman–Crippen LogP) is 4.67. The van der Waals surface area contributed by atoms with Gasteiger partial charge in [0.25, 0.3) is 0 Å². The molecule has 5 heteroatoms. The summed E-state index contributed by atoms with van der Waals surface area (Å²) in [5.41, 5.74) is 0.244. The maximum Gasteiger partial charge on any atom is 0.344 e. The highest BCUT2D eigenvalue weighted by atomic mass is 16.6. The third-order valence-corrected chi connectivity index (χ3v) is 6.09. The van der Waals surface area contributed by atoms with Crippen molar-refractivity contribution in [1.29, 1.82) is 0 Å².